The first-order valence-corrected chi connectivity index (χ1v) is 7.77. The second-order valence-electron chi connectivity index (χ2n) is 5.85. The van der Waals surface area contributed by atoms with Crippen molar-refractivity contribution in [3.8, 4) is 0 Å². The Kier molecular flexibility index (Phi) is 4.27. The van der Waals surface area contributed by atoms with Crippen LogP contribution in [0.15, 0.2) is 39.5 Å². The highest BCUT2D eigenvalue weighted by Gasteiger charge is 2.21. The van der Waals surface area contributed by atoms with Gasteiger partial charge >= 0.3 is 11.6 Å². The highest BCUT2D eigenvalue weighted by Crippen LogP contribution is 2.22. The van der Waals surface area contributed by atoms with Crippen LogP contribution in [0.25, 0.3) is 10.9 Å². The number of carbonyl (C=O) groups excluding carboxylic acids is 2. The van der Waals surface area contributed by atoms with Gasteiger partial charge in [0.2, 0.25) is 5.78 Å². The zero-order valence-corrected chi connectivity index (χ0v) is 14.1. The van der Waals surface area contributed by atoms with E-state index in [4.69, 9.17) is 9.15 Å². The maximum absolute atomic E-state index is 12.5. The molecule has 25 heavy (non-hydrogen) atoms. The normalized spacial score (nSPS) is 10.8. The molecule has 0 radical (unpaired) electrons. The number of ether oxygens (including phenoxy) is 1. The average Bonchev–Trinajstić information content (AvgIpc) is 2.87. The lowest BCUT2D eigenvalue weighted by atomic mass is 10.1. The summed E-state index contributed by atoms with van der Waals surface area (Å²) < 4.78 is 10.1. The Hall–Kier alpha value is -3.15. The topological polar surface area (TPSA) is 89.4 Å². The Labute approximate surface area is 143 Å². The summed E-state index contributed by atoms with van der Waals surface area (Å²) in [5, 5.41) is 0.791. The molecule has 0 atom stereocenters. The number of benzene rings is 1. The van der Waals surface area contributed by atoms with E-state index in [1.54, 1.807) is 13.8 Å². The molecule has 2 heterocycles. The van der Waals surface area contributed by atoms with Gasteiger partial charge in [-0.2, -0.15) is 0 Å². The van der Waals surface area contributed by atoms with Crippen molar-refractivity contribution in [2.75, 3.05) is 6.61 Å². The van der Waals surface area contributed by atoms with E-state index in [2.05, 4.69) is 4.98 Å². The van der Waals surface area contributed by atoms with Crippen molar-refractivity contribution in [1.82, 2.24) is 4.98 Å². The number of ketones is 1. The number of hydrogen-bond donors (Lipinski definition) is 1. The minimum atomic E-state index is -0.690. The summed E-state index contributed by atoms with van der Waals surface area (Å²) in [7, 11) is 0. The summed E-state index contributed by atoms with van der Waals surface area (Å²) in [4.78, 5) is 39.2. The fourth-order valence-electron chi connectivity index (χ4n) is 2.97. The van der Waals surface area contributed by atoms with E-state index in [1.165, 1.54) is 13.0 Å². The van der Waals surface area contributed by atoms with Crippen LogP contribution in [0.5, 0.6) is 0 Å². The molecule has 0 saturated carbocycles. The van der Waals surface area contributed by atoms with Gasteiger partial charge in [-0.15, -0.1) is 0 Å². The molecule has 3 aromatic rings. The first-order valence-electron chi connectivity index (χ1n) is 7.77. The van der Waals surface area contributed by atoms with E-state index in [9.17, 15) is 14.4 Å². The van der Waals surface area contributed by atoms with Gasteiger partial charge in [0.25, 0.3) is 0 Å². The van der Waals surface area contributed by atoms with Gasteiger partial charge in [-0.05, 0) is 32.4 Å². The zero-order chi connectivity index (χ0) is 18.1. The Morgan fingerprint density at radius 3 is 2.56 bits per heavy atom. The number of nitrogens with one attached hydrogen (secondary N) is 1. The zero-order valence-electron chi connectivity index (χ0n) is 14.1. The standard InChI is InChI=1S/C19H17NO5/c1-10-8-16(22)25-12(3)17(10)19(23)24-9-15(21)18-11(2)20-14-7-5-4-6-13(14)18/h4-8,20H,9H2,1-3H3. The van der Waals surface area contributed by atoms with Crippen molar-refractivity contribution in [1.29, 1.82) is 0 Å². The number of aryl methyl sites for hydroxylation is 3. The van der Waals surface area contributed by atoms with E-state index >= 15 is 0 Å². The van der Waals surface area contributed by atoms with E-state index < -0.39 is 11.6 Å². The molecule has 2 aromatic heterocycles. The lowest BCUT2D eigenvalue weighted by Gasteiger charge is -2.08. The number of fused-ring (bicyclic) bond motifs is 1. The maximum atomic E-state index is 12.5. The maximum Gasteiger partial charge on any atom is 0.342 e. The van der Waals surface area contributed by atoms with E-state index in [-0.39, 0.29) is 23.7 Å². The largest absolute Gasteiger partial charge is 0.454 e. The smallest absolute Gasteiger partial charge is 0.342 e. The van der Waals surface area contributed by atoms with Gasteiger partial charge in [0, 0.05) is 28.2 Å². The summed E-state index contributed by atoms with van der Waals surface area (Å²) in [5.41, 5.74) is 2.18. The first-order chi connectivity index (χ1) is 11.9. The van der Waals surface area contributed by atoms with Crippen LogP contribution in [0.3, 0.4) is 0 Å². The van der Waals surface area contributed by atoms with E-state index in [1.807, 2.05) is 24.3 Å². The highest BCUT2D eigenvalue weighted by atomic mass is 16.5. The van der Waals surface area contributed by atoms with Crippen LogP contribution in [0.4, 0.5) is 0 Å². The molecule has 0 unspecified atom stereocenters. The number of aromatic nitrogens is 1. The lowest BCUT2D eigenvalue weighted by molar-refractivity contribution is 0.0470. The number of esters is 1. The Balaban J connectivity index is 1.82. The quantitative estimate of drug-likeness (QED) is 0.583. The van der Waals surface area contributed by atoms with Crippen molar-refractivity contribution < 1.29 is 18.7 Å². The molecule has 128 valence electrons. The predicted octanol–water partition coefficient (Wildman–Crippen LogP) is 3.09. The summed E-state index contributed by atoms with van der Waals surface area (Å²) in [6.45, 7) is 4.54. The molecule has 0 aliphatic heterocycles. The van der Waals surface area contributed by atoms with Crippen LogP contribution in [-0.2, 0) is 4.74 Å². The van der Waals surface area contributed by atoms with Gasteiger partial charge in [-0.25, -0.2) is 9.59 Å². The molecule has 1 N–H and O–H groups in total. The van der Waals surface area contributed by atoms with Crippen molar-refractivity contribution in [3.63, 3.8) is 0 Å². The van der Waals surface area contributed by atoms with E-state index in [0.717, 1.165) is 16.6 Å². The summed E-state index contributed by atoms with van der Waals surface area (Å²) in [6, 6.07) is 8.66. The molecule has 6 heteroatoms. The summed E-state index contributed by atoms with van der Waals surface area (Å²) >= 11 is 0. The summed E-state index contributed by atoms with van der Waals surface area (Å²) in [6.07, 6.45) is 0. The Bertz CT molecular complexity index is 1020. The van der Waals surface area contributed by atoms with Crippen molar-refractivity contribution in [2.24, 2.45) is 0 Å². The SMILES string of the molecule is Cc1cc(=O)oc(C)c1C(=O)OCC(=O)c1c(C)[nH]c2ccccc12. The second-order valence-corrected chi connectivity index (χ2v) is 5.85. The third-order valence-corrected chi connectivity index (χ3v) is 4.05. The van der Waals surface area contributed by atoms with Crippen molar-refractivity contribution in [2.45, 2.75) is 20.8 Å². The van der Waals surface area contributed by atoms with Crippen molar-refractivity contribution in [3.05, 3.63) is 68.9 Å². The molecule has 0 fully saturated rings. The predicted molar refractivity (Wildman–Crippen MR) is 92.1 cm³/mol. The number of carbonyl (C=O) groups is 2. The third kappa shape index (κ3) is 3.10. The molecular weight excluding hydrogens is 322 g/mol. The molecule has 0 amide bonds. The van der Waals surface area contributed by atoms with Gasteiger partial charge in [0.05, 0.1) is 0 Å². The molecule has 0 aliphatic carbocycles. The number of para-hydroxylation sites is 1. The molecule has 0 bridgehead atoms. The second kappa shape index (κ2) is 6.39. The lowest BCUT2D eigenvalue weighted by Crippen LogP contribution is -2.17. The number of rotatable bonds is 4. The van der Waals surface area contributed by atoms with Gasteiger partial charge in [-0.1, -0.05) is 18.2 Å². The molecule has 0 aliphatic rings. The van der Waals surface area contributed by atoms with Crippen LogP contribution in [0, 0.1) is 20.8 Å². The molecular formula is C19H17NO5. The number of H-pyrrole nitrogens is 1. The van der Waals surface area contributed by atoms with Gasteiger partial charge in [0.1, 0.15) is 11.3 Å². The van der Waals surface area contributed by atoms with Crippen LogP contribution < -0.4 is 5.63 Å². The first kappa shape index (κ1) is 16.7. The minimum absolute atomic E-state index is 0.169. The monoisotopic (exact) mass is 339 g/mol. The van der Waals surface area contributed by atoms with Crippen LogP contribution in [0.1, 0.15) is 37.7 Å². The van der Waals surface area contributed by atoms with E-state index in [0.29, 0.717) is 11.1 Å². The molecule has 0 spiro atoms. The third-order valence-electron chi connectivity index (χ3n) is 4.05. The number of Topliss-reactive ketones (excluding diaryl/α,β-unsaturated/α-hetero) is 1. The minimum Gasteiger partial charge on any atom is -0.454 e. The van der Waals surface area contributed by atoms with Crippen molar-refractivity contribution >= 4 is 22.7 Å². The highest BCUT2D eigenvalue weighted by molar-refractivity contribution is 6.10. The number of hydrogen-bond acceptors (Lipinski definition) is 5. The molecule has 0 saturated heterocycles. The van der Waals surface area contributed by atoms with Gasteiger partial charge in [0.15, 0.2) is 6.61 Å². The fourth-order valence-corrected chi connectivity index (χ4v) is 2.97. The Morgan fingerprint density at radius 1 is 1.12 bits per heavy atom. The summed E-state index contributed by atoms with van der Waals surface area (Å²) in [5.74, 6) is -0.814. The molecule has 1 aromatic carbocycles. The van der Waals surface area contributed by atoms with Crippen LogP contribution >= 0.6 is 0 Å². The fraction of sp³-hybridized carbons (Fsp3) is 0.211. The Morgan fingerprint density at radius 2 is 1.84 bits per heavy atom. The molecule has 3 rings (SSSR count). The van der Waals surface area contributed by atoms with Crippen LogP contribution in [-0.4, -0.2) is 23.3 Å². The van der Waals surface area contributed by atoms with Gasteiger partial charge < -0.3 is 14.1 Å². The van der Waals surface area contributed by atoms with Crippen LogP contribution in [0.2, 0.25) is 0 Å². The average molecular weight is 339 g/mol. The molecule has 6 nitrogen and oxygen atoms in total. The number of aromatic amines is 1. The van der Waals surface area contributed by atoms with Gasteiger partial charge in [-0.3, -0.25) is 4.79 Å².